The summed E-state index contributed by atoms with van der Waals surface area (Å²) in [4.78, 5) is 39.6. The predicted molar refractivity (Wildman–Crippen MR) is 113 cm³/mol. The van der Waals surface area contributed by atoms with Crippen molar-refractivity contribution >= 4 is 33.8 Å². The number of urea groups is 1. The highest BCUT2D eigenvalue weighted by Crippen LogP contribution is 2.33. The van der Waals surface area contributed by atoms with Gasteiger partial charge in [0.25, 0.3) is 5.91 Å². The molecule has 1 atom stereocenters. The molecular formula is C21H27BrN4O4. The van der Waals surface area contributed by atoms with Gasteiger partial charge in [-0.1, -0.05) is 47.3 Å². The van der Waals surface area contributed by atoms with Crippen molar-refractivity contribution in [3.8, 4) is 0 Å². The highest BCUT2D eigenvalue weighted by atomic mass is 79.9. The number of rotatable bonds is 5. The number of carbonyl (C=O) groups excluding carboxylic acids is 3. The molecule has 1 aromatic carbocycles. The van der Waals surface area contributed by atoms with Crippen LogP contribution < -0.4 is 10.7 Å². The Morgan fingerprint density at radius 3 is 2.67 bits per heavy atom. The summed E-state index contributed by atoms with van der Waals surface area (Å²) in [5.74, 6) is -0.666. The summed E-state index contributed by atoms with van der Waals surface area (Å²) in [6, 6.07) is 7.51. The van der Waals surface area contributed by atoms with Crippen molar-refractivity contribution in [2.45, 2.75) is 50.2 Å². The first kappa shape index (κ1) is 21.3. The molecule has 2 heterocycles. The molecule has 2 aliphatic heterocycles. The second-order valence-corrected chi connectivity index (χ2v) is 9.13. The van der Waals surface area contributed by atoms with Crippen molar-refractivity contribution in [3.05, 3.63) is 34.3 Å². The largest absolute Gasteiger partial charge is 0.371 e. The third kappa shape index (κ3) is 4.53. The summed E-state index contributed by atoms with van der Waals surface area (Å²) in [6.07, 6.45) is 4.32. The molecular weight excluding hydrogens is 452 g/mol. The number of nitrogens with one attached hydrogen (secondary N) is 2. The summed E-state index contributed by atoms with van der Waals surface area (Å²) in [6.45, 7) is 2.57. The average Bonchev–Trinajstić information content (AvgIpc) is 2.97. The summed E-state index contributed by atoms with van der Waals surface area (Å²) in [5, 5.41) is 3.67. The molecule has 9 heteroatoms. The van der Waals surface area contributed by atoms with E-state index in [2.05, 4.69) is 31.6 Å². The van der Waals surface area contributed by atoms with Crippen molar-refractivity contribution in [1.82, 2.24) is 20.7 Å². The third-order valence-corrected chi connectivity index (χ3v) is 6.68. The van der Waals surface area contributed by atoms with E-state index in [-0.39, 0.29) is 24.3 Å². The van der Waals surface area contributed by atoms with Crippen LogP contribution in [-0.2, 0) is 14.3 Å². The van der Waals surface area contributed by atoms with Gasteiger partial charge in [0, 0.05) is 30.5 Å². The molecule has 4 rings (SSSR count). The minimum atomic E-state index is -0.829. The molecule has 4 amide bonds. The molecule has 1 spiro atoms. The molecule has 1 unspecified atom stereocenters. The van der Waals surface area contributed by atoms with Gasteiger partial charge in [-0.05, 0) is 30.5 Å². The van der Waals surface area contributed by atoms with Crippen LogP contribution in [0.5, 0.6) is 0 Å². The van der Waals surface area contributed by atoms with Gasteiger partial charge in [-0.15, -0.1) is 0 Å². The Labute approximate surface area is 184 Å². The van der Waals surface area contributed by atoms with Crippen LogP contribution in [0.2, 0.25) is 0 Å². The predicted octanol–water partition coefficient (Wildman–Crippen LogP) is 2.50. The van der Waals surface area contributed by atoms with E-state index in [9.17, 15) is 14.4 Å². The zero-order valence-corrected chi connectivity index (χ0v) is 18.4. The van der Waals surface area contributed by atoms with Crippen LogP contribution in [0.25, 0.3) is 0 Å². The Hall–Kier alpha value is -1.97. The minimum Gasteiger partial charge on any atom is -0.371 e. The number of hydrazine groups is 1. The van der Waals surface area contributed by atoms with Crippen molar-refractivity contribution in [1.29, 1.82) is 0 Å². The lowest BCUT2D eigenvalue weighted by atomic mass is 9.82. The number of morpholine rings is 1. The number of halogens is 1. The van der Waals surface area contributed by atoms with E-state index in [4.69, 9.17) is 4.74 Å². The van der Waals surface area contributed by atoms with Crippen LogP contribution in [0.1, 0.15) is 50.2 Å². The third-order valence-electron chi connectivity index (χ3n) is 6.15. The zero-order chi connectivity index (χ0) is 21.1. The van der Waals surface area contributed by atoms with Gasteiger partial charge in [-0.3, -0.25) is 19.9 Å². The summed E-state index contributed by atoms with van der Waals surface area (Å²) >= 11 is 3.44. The molecule has 2 saturated heterocycles. The topological polar surface area (TPSA) is 91.0 Å². The Kier molecular flexibility index (Phi) is 6.40. The van der Waals surface area contributed by atoms with E-state index in [1.54, 1.807) is 0 Å². The van der Waals surface area contributed by atoms with Crippen LogP contribution in [0, 0.1) is 0 Å². The van der Waals surface area contributed by atoms with Gasteiger partial charge in [-0.2, -0.15) is 5.01 Å². The number of ether oxygens (including phenoxy) is 1. The van der Waals surface area contributed by atoms with Crippen molar-refractivity contribution < 1.29 is 19.1 Å². The summed E-state index contributed by atoms with van der Waals surface area (Å²) < 4.78 is 6.90. The van der Waals surface area contributed by atoms with Gasteiger partial charge in [-0.25, -0.2) is 4.79 Å². The Morgan fingerprint density at radius 2 is 1.93 bits per heavy atom. The van der Waals surface area contributed by atoms with Gasteiger partial charge < -0.3 is 10.1 Å². The van der Waals surface area contributed by atoms with Gasteiger partial charge in [0.05, 0.1) is 12.7 Å². The van der Waals surface area contributed by atoms with E-state index in [1.165, 1.54) is 0 Å². The maximum atomic E-state index is 12.8. The second kappa shape index (κ2) is 9.03. The highest BCUT2D eigenvalue weighted by Gasteiger charge is 2.52. The molecule has 0 radical (unpaired) electrons. The van der Waals surface area contributed by atoms with Gasteiger partial charge in [0.15, 0.2) is 0 Å². The number of benzene rings is 1. The monoisotopic (exact) mass is 478 g/mol. The molecule has 1 aromatic rings. The van der Waals surface area contributed by atoms with Crippen molar-refractivity contribution in [2.24, 2.45) is 0 Å². The number of hydrogen-bond acceptors (Lipinski definition) is 5. The zero-order valence-electron chi connectivity index (χ0n) is 16.9. The van der Waals surface area contributed by atoms with Gasteiger partial charge in [0.2, 0.25) is 5.91 Å². The van der Waals surface area contributed by atoms with E-state index in [1.807, 2.05) is 24.3 Å². The lowest BCUT2D eigenvalue weighted by Gasteiger charge is -2.33. The standard InChI is InChI=1S/C21H27BrN4O4/c22-16-6-4-15(5-7-16)17-14-25(12-13-30-17)11-8-18(27)24-26-19(28)21(23-20(26)29)9-2-1-3-10-21/h4-7,17H,1-3,8-14H2,(H,23,29)(H,24,27). The average molecular weight is 479 g/mol. The quantitative estimate of drug-likeness (QED) is 0.634. The fourth-order valence-corrected chi connectivity index (χ4v) is 4.71. The van der Waals surface area contributed by atoms with Crippen LogP contribution >= 0.6 is 15.9 Å². The van der Waals surface area contributed by atoms with Crippen molar-refractivity contribution in [3.63, 3.8) is 0 Å². The molecule has 0 aromatic heterocycles. The van der Waals surface area contributed by atoms with Crippen molar-refractivity contribution in [2.75, 3.05) is 26.2 Å². The lowest BCUT2D eigenvalue weighted by Crippen LogP contribution is -2.51. The summed E-state index contributed by atoms with van der Waals surface area (Å²) in [7, 11) is 0. The van der Waals surface area contributed by atoms with E-state index in [0.717, 1.165) is 40.9 Å². The minimum absolute atomic E-state index is 0.0352. The van der Waals surface area contributed by atoms with E-state index >= 15 is 0 Å². The Morgan fingerprint density at radius 1 is 1.20 bits per heavy atom. The molecule has 8 nitrogen and oxygen atoms in total. The molecule has 0 bridgehead atoms. The Bertz CT molecular complexity index is 810. The first-order valence-corrected chi connectivity index (χ1v) is 11.3. The molecule has 1 saturated carbocycles. The summed E-state index contributed by atoms with van der Waals surface area (Å²) in [5.41, 5.74) is 2.78. The number of carbonyl (C=O) groups is 3. The second-order valence-electron chi connectivity index (χ2n) is 8.21. The van der Waals surface area contributed by atoms with Crippen LogP contribution in [-0.4, -0.2) is 59.5 Å². The Balaban J connectivity index is 1.28. The number of amides is 4. The van der Waals surface area contributed by atoms with Gasteiger partial charge in [0.1, 0.15) is 5.54 Å². The molecule has 2 N–H and O–H groups in total. The first-order valence-electron chi connectivity index (χ1n) is 10.5. The van der Waals surface area contributed by atoms with Crippen LogP contribution in [0.15, 0.2) is 28.7 Å². The normalized spacial score (nSPS) is 24.2. The van der Waals surface area contributed by atoms with E-state index < -0.39 is 11.6 Å². The fourth-order valence-electron chi connectivity index (χ4n) is 4.44. The maximum Gasteiger partial charge on any atom is 0.344 e. The number of nitrogens with zero attached hydrogens (tertiary/aromatic N) is 2. The lowest BCUT2D eigenvalue weighted by molar-refractivity contribution is -0.140. The molecule has 1 aliphatic carbocycles. The molecule has 162 valence electrons. The smallest absolute Gasteiger partial charge is 0.344 e. The first-order chi connectivity index (χ1) is 14.5. The number of hydrogen-bond donors (Lipinski definition) is 2. The maximum absolute atomic E-state index is 12.8. The molecule has 3 aliphatic rings. The van der Waals surface area contributed by atoms with E-state index in [0.29, 0.717) is 32.5 Å². The van der Waals surface area contributed by atoms with Crippen LogP contribution in [0.3, 0.4) is 0 Å². The highest BCUT2D eigenvalue weighted by molar-refractivity contribution is 9.10. The van der Waals surface area contributed by atoms with Gasteiger partial charge >= 0.3 is 6.03 Å². The fraction of sp³-hybridized carbons (Fsp3) is 0.571. The number of imide groups is 1. The SMILES string of the molecule is O=C(CCN1CCOC(c2ccc(Br)cc2)C1)NN1C(=O)NC2(CCCCC2)C1=O. The molecule has 3 fully saturated rings. The molecule has 30 heavy (non-hydrogen) atoms. The van der Waals surface area contributed by atoms with Crippen LogP contribution in [0.4, 0.5) is 4.79 Å².